The van der Waals surface area contributed by atoms with Gasteiger partial charge in [-0.05, 0) is 72.6 Å². The molecule has 0 saturated carbocycles. The average Bonchev–Trinajstić information content (AvgIpc) is 4.18. The molecule has 2 unspecified atom stereocenters. The van der Waals surface area contributed by atoms with E-state index in [1.165, 1.54) is 28.1 Å². The molecule has 0 aliphatic carbocycles. The number of aliphatic hydroxyl groups is 1. The van der Waals surface area contributed by atoms with Gasteiger partial charge in [0.2, 0.25) is 6.54 Å². The number of fused-ring (bicyclic) bond motifs is 1. The van der Waals surface area contributed by atoms with Gasteiger partial charge in [-0.2, -0.15) is 0 Å². The summed E-state index contributed by atoms with van der Waals surface area (Å²) in [7, 11) is -6.12. The molecule has 408 valence electrons. The van der Waals surface area contributed by atoms with Crippen molar-refractivity contribution < 1.29 is 65.3 Å². The predicted molar refractivity (Wildman–Crippen MR) is 282 cm³/mol. The summed E-state index contributed by atoms with van der Waals surface area (Å²) in [6.45, 7) is 11.5. The summed E-state index contributed by atoms with van der Waals surface area (Å²) in [4.78, 5) is 73.6. The lowest BCUT2D eigenvalue weighted by Crippen LogP contribution is -2.49. The summed E-state index contributed by atoms with van der Waals surface area (Å²) in [6.07, 6.45) is -4.85. The lowest BCUT2D eigenvalue weighted by atomic mass is 10.1. The van der Waals surface area contributed by atoms with Gasteiger partial charge < -0.3 is 42.2 Å². The van der Waals surface area contributed by atoms with Crippen LogP contribution in [-0.2, 0) is 66.1 Å². The first kappa shape index (κ1) is 56.1. The molecular formula is C49H57FN9O14P2SSi+. The van der Waals surface area contributed by atoms with Crippen molar-refractivity contribution in [1.29, 1.82) is 0 Å². The predicted octanol–water partition coefficient (Wildman–Crippen LogP) is 6.60. The summed E-state index contributed by atoms with van der Waals surface area (Å²) >= 11 is 5.96. The van der Waals surface area contributed by atoms with Crippen molar-refractivity contribution in [2.24, 2.45) is 0 Å². The van der Waals surface area contributed by atoms with Gasteiger partial charge in [-0.25, -0.2) is 35.7 Å². The molecule has 77 heavy (non-hydrogen) atoms. The van der Waals surface area contributed by atoms with Gasteiger partial charge in [0, 0.05) is 22.9 Å². The van der Waals surface area contributed by atoms with Crippen molar-refractivity contribution in [2.45, 2.75) is 107 Å². The zero-order chi connectivity index (χ0) is 54.8. The van der Waals surface area contributed by atoms with Crippen LogP contribution in [0.15, 0.2) is 90.6 Å². The molecule has 3 aliphatic heterocycles. The molecule has 2 fully saturated rings. The van der Waals surface area contributed by atoms with Crippen LogP contribution in [0, 0.1) is 6.57 Å². The number of benzene rings is 2. The minimum Gasteiger partial charge on any atom is -0.460 e. The third kappa shape index (κ3) is 11.7. The molecule has 3 aliphatic rings. The van der Waals surface area contributed by atoms with Gasteiger partial charge in [0.25, 0.3) is 11.5 Å². The molecule has 2 saturated heterocycles. The van der Waals surface area contributed by atoms with Crippen LogP contribution >= 0.6 is 15.0 Å². The highest BCUT2D eigenvalue weighted by molar-refractivity contribution is 8.07. The van der Waals surface area contributed by atoms with E-state index < -0.39 is 97.2 Å². The zero-order valence-electron chi connectivity index (χ0n) is 42.6. The number of esters is 1. The Morgan fingerprint density at radius 3 is 2.32 bits per heavy atom. The van der Waals surface area contributed by atoms with Gasteiger partial charge in [-0.15, -0.1) is 9.42 Å². The Kier molecular flexibility index (Phi) is 17.0. The fourth-order valence-corrected chi connectivity index (χ4v) is 12.9. The van der Waals surface area contributed by atoms with E-state index >= 15 is 4.39 Å². The highest BCUT2D eigenvalue weighted by atomic mass is 32.5. The Morgan fingerprint density at radius 2 is 1.64 bits per heavy atom. The number of imidazole rings is 1. The Bertz CT molecular complexity index is 3290. The topological polar surface area (TPSA) is 257 Å². The van der Waals surface area contributed by atoms with Gasteiger partial charge in [-0.3, -0.25) is 28.1 Å². The van der Waals surface area contributed by atoms with Gasteiger partial charge in [0.1, 0.15) is 61.7 Å². The van der Waals surface area contributed by atoms with Crippen LogP contribution in [0.1, 0.15) is 65.9 Å². The van der Waals surface area contributed by atoms with E-state index in [1.807, 2.05) is 46.1 Å². The second-order valence-corrected chi connectivity index (χ2v) is 28.3. The number of anilines is 1. The van der Waals surface area contributed by atoms with Crippen molar-refractivity contribution in [3.8, 4) is 0 Å². The SMILES string of the molecule is [C-]#[N+]CCOP(=S)(OC[C@H]1O[C@@H](n2cc3c4c(ncnc42)N(C(=O)c2ccccc2)CCC3)[C@H](O[Si](C)(C)C(C)(C)C)[C@@H]1O[P+](=O)O)O[C@@H]1[C@H](F)[C@@H](CO)O[C@H]1n1cnc2c(=O)n(CCOC(=O)c3ccccc3)cnc21. The number of hydrogen-bond donors (Lipinski definition) is 2. The van der Waals surface area contributed by atoms with E-state index in [4.69, 9.17) is 60.1 Å². The molecule has 1 amide bonds. The number of rotatable bonds is 20. The summed E-state index contributed by atoms with van der Waals surface area (Å²) < 4.78 is 83.3. The normalized spacial score (nSPS) is 23.7. The Morgan fingerprint density at radius 1 is 0.935 bits per heavy atom. The molecule has 7 heterocycles. The summed E-state index contributed by atoms with van der Waals surface area (Å²) in [6, 6.07) is 17.2. The smallest absolute Gasteiger partial charge is 0.460 e. The van der Waals surface area contributed by atoms with E-state index in [0.717, 1.165) is 5.56 Å². The van der Waals surface area contributed by atoms with E-state index in [9.17, 15) is 28.9 Å². The number of aryl methyl sites for hydroxylation is 1. The second-order valence-electron chi connectivity index (χ2n) is 19.9. The van der Waals surface area contributed by atoms with Crippen LogP contribution in [0.5, 0.6) is 0 Å². The Labute approximate surface area is 448 Å². The molecule has 23 nitrogen and oxygen atoms in total. The van der Waals surface area contributed by atoms with Crippen LogP contribution in [-0.4, -0.2) is 140 Å². The Hall–Kier alpha value is -5.62. The average molecular weight is 1140 g/mol. The summed E-state index contributed by atoms with van der Waals surface area (Å²) in [5.74, 6) is -0.422. The molecule has 0 radical (unpaired) electrons. The third-order valence-corrected chi connectivity index (χ3v) is 21.2. The number of alkyl halides is 1. The highest BCUT2D eigenvalue weighted by Crippen LogP contribution is 2.56. The van der Waals surface area contributed by atoms with E-state index in [1.54, 1.807) is 64.1 Å². The number of aliphatic hydroxyl groups excluding tert-OH is 1. The number of hydrogen-bond acceptors (Lipinski definition) is 18. The number of nitrogens with zero attached hydrogens (tertiary/aromatic N) is 9. The minimum absolute atomic E-state index is 0.0454. The lowest BCUT2D eigenvalue weighted by molar-refractivity contribution is -0.0573. The second kappa shape index (κ2) is 23.4. The molecule has 6 aromatic rings. The number of carbonyl (C=O) groups is 2. The van der Waals surface area contributed by atoms with Crippen molar-refractivity contribution >= 4 is 75.0 Å². The molecule has 2 aromatic carbocycles. The van der Waals surface area contributed by atoms with E-state index in [2.05, 4.69) is 19.8 Å². The number of carbonyl (C=O) groups excluding carboxylic acids is 2. The molecule has 0 bridgehead atoms. The quantitative estimate of drug-likeness (QED) is 0.0268. The van der Waals surface area contributed by atoms with Gasteiger partial charge >= 0.3 is 20.9 Å². The fourth-order valence-electron chi connectivity index (χ4n) is 9.11. The first-order valence-corrected chi connectivity index (χ1v) is 31.2. The maximum absolute atomic E-state index is 16.6. The summed E-state index contributed by atoms with van der Waals surface area (Å²) in [5, 5.41) is 10.5. The number of halogens is 1. The maximum atomic E-state index is 16.6. The van der Waals surface area contributed by atoms with Crippen LogP contribution < -0.4 is 10.5 Å². The molecule has 0 spiro atoms. The van der Waals surface area contributed by atoms with Gasteiger partial charge in [-0.1, -0.05) is 57.2 Å². The largest absolute Gasteiger partial charge is 0.695 e. The monoisotopic (exact) mass is 1140 g/mol. The molecule has 4 aromatic heterocycles. The van der Waals surface area contributed by atoms with Crippen molar-refractivity contribution in [2.75, 3.05) is 44.4 Å². The molecule has 9 rings (SSSR count). The third-order valence-electron chi connectivity index (χ3n) is 14.0. The Balaban J connectivity index is 1.02. The molecule has 28 heteroatoms. The summed E-state index contributed by atoms with van der Waals surface area (Å²) in [5.41, 5.74) is 1.22. The number of amides is 1. The van der Waals surface area contributed by atoms with Crippen molar-refractivity contribution in [3.05, 3.63) is 124 Å². The van der Waals surface area contributed by atoms with E-state index in [0.29, 0.717) is 47.4 Å². The van der Waals surface area contributed by atoms with Crippen LogP contribution in [0.3, 0.4) is 0 Å². The van der Waals surface area contributed by atoms with E-state index in [-0.39, 0.29) is 48.4 Å². The number of ether oxygens (including phenoxy) is 3. The first-order valence-electron chi connectivity index (χ1n) is 24.7. The minimum atomic E-state index is -4.25. The molecule has 2 N–H and O–H groups in total. The first-order chi connectivity index (χ1) is 36.8. The fraction of sp³-hybridized carbons (Fsp3) is 0.469. The molecule has 10 atom stereocenters. The van der Waals surface area contributed by atoms with Crippen LogP contribution in [0.2, 0.25) is 18.1 Å². The maximum Gasteiger partial charge on any atom is 0.695 e. The molecular weight excluding hydrogens is 1080 g/mol. The van der Waals surface area contributed by atoms with Gasteiger partial charge in [0.05, 0.1) is 37.0 Å². The van der Waals surface area contributed by atoms with Crippen LogP contribution in [0.25, 0.3) is 27.0 Å². The van der Waals surface area contributed by atoms with Crippen LogP contribution in [0.4, 0.5) is 10.2 Å². The van der Waals surface area contributed by atoms with Crippen molar-refractivity contribution in [1.82, 2.24) is 33.6 Å². The van der Waals surface area contributed by atoms with Gasteiger partial charge in [0.15, 0.2) is 44.2 Å². The lowest BCUT2D eigenvalue weighted by Gasteiger charge is -2.40. The number of aromatic nitrogens is 7. The highest BCUT2D eigenvalue weighted by Gasteiger charge is 2.56. The van der Waals surface area contributed by atoms with Crippen molar-refractivity contribution in [3.63, 3.8) is 0 Å². The zero-order valence-corrected chi connectivity index (χ0v) is 46.2. The standard InChI is InChI=1S/C49H56FN9O14P2SSi/c1-49(2,3)77(5,6)73-40-38(71-74(64)65)34(70-47(40)58-24-32-18-13-20-57(41-35(32)42(58)53-27-52-41)44(61)30-14-9-7-10-15-30)26-68-75(76,67-22-19-51-4)72-39-36(50)33(25-60)69-46(39)59-29-54-37-43(59)55-28-56(45(37)62)21-23-66-48(63)31-16-11-8-12-17-31/h7-12,14-17,24,27-29,33-34,36,38-40,46-47,60H,13,18-23,25-26H2,1-3,5-6H3/p+1/t33-,34-,36-,38-,39-,40-,46-,47-,75?/m1/s1.